The molecule has 0 bridgehead atoms. The van der Waals surface area contributed by atoms with E-state index in [0.29, 0.717) is 35.7 Å². The number of thioether (sulfide) groups is 1. The molecule has 7 nitrogen and oxygen atoms in total. The van der Waals surface area contributed by atoms with Crippen molar-refractivity contribution in [1.82, 2.24) is 25.1 Å². The maximum atomic E-state index is 12.3. The molecule has 3 aromatic rings. The third-order valence-electron chi connectivity index (χ3n) is 4.42. The lowest BCUT2D eigenvalue weighted by atomic mass is 10.1. The van der Waals surface area contributed by atoms with Crippen LogP contribution in [0.15, 0.2) is 35.6 Å². The Bertz CT molecular complexity index is 1020. The van der Waals surface area contributed by atoms with Crippen LogP contribution in [0.4, 0.5) is 5.82 Å². The molecule has 1 aromatic carbocycles. The molecule has 31 heavy (non-hydrogen) atoms. The lowest BCUT2D eigenvalue weighted by molar-refractivity contribution is -0.120. The van der Waals surface area contributed by atoms with E-state index in [-0.39, 0.29) is 5.91 Å². The van der Waals surface area contributed by atoms with Crippen LogP contribution in [0, 0.1) is 5.92 Å². The van der Waals surface area contributed by atoms with Crippen LogP contribution in [0.3, 0.4) is 0 Å². The van der Waals surface area contributed by atoms with Gasteiger partial charge in [-0.15, -0.1) is 0 Å². The van der Waals surface area contributed by atoms with Gasteiger partial charge in [0.05, 0.1) is 24.5 Å². The summed E-state index contributed by atoms with van der Waals surface area (Å²) in [5.41, 5.74) is 1.70. The number of fused-ring (bicyclic) bond motifs is 1. The Balaban J connectivity index is 1.68. The summed E-state index contributed by atoms with van der Waals surface area (Å²) in [7, 11) is 0. The van der Waals surface area contributed by atoms with E-state index in [0.717, 1.165) is 34.1 Å². The van der Waals surface area contributed by atoms with Crippen LogP contribution < -0.4 is 10.6 Å². The molecule has 1 amide bonds. The molecule has 0 radical (unpaired) electrons. The number of halogens is 1. The van der Waals surface area contributed by atoms with Gasteiger partial charge in [0.15, 0.2) is 10.8 Å². The lowest BCUT2D eigenvalue weighted by Crippen LogP contribution is -2.28. The van der Waals surface area contributed by atoms with Gasteiger partial charge in [0.1, 0.15) is 5.82 Å². The largest absolute Gasteiger partial charge is 0.369 e. The first-order valence-corrected chi connectivity index (χ1v) is 11.7. The van der Waals surface area contributed by atoms with Gasteiger partial charge in [-0.25, -0.2) is 14.6 Å². The van der Waals surface area contributed by atoms with Crippen LogP contribution in [0.1, 0.15) is 33.3 Å². The van der Waals surface area contributed by atoms with Crippen molar-refractivity contribution >= 4 is 46.1 Å². The van der Waals surface area contributed by atoms with Crippen LogP contribution in [-0.4, -0.2) is 44.0 Å². The third-order valence-corrected chi connectivity index (χ3v) is 5.54. The molecular weight excluding hydrogens is 432 g/mol. The van der Waals surface area contributed by atoms with Crippen molar-refractivity contribution < 1.29 is 4.79 Å². The van der Waals surface area contributed by atoms with Gasteiger partial charge in [0.2, 0.25) is 5.91 Å². The summed E-state index contributed by atoms with van der Waals surface area (Å²) in [6, 6.07) is 7.30. The summed E-state index contributed by atoms with van der Waals surface area (Å²) in [5.74, 6) is 1.26. The molecule has 3 rings (SSSR count). The Morgan fingerprint density at radius 1 is 1.16 bits per heavy atom. The zero-order valence-electron chi connectivity index (χ0n) is 18.4. The molecule has 2 heterocycles. The third kappa shape index (κ3) is 6.83. The molecule has 9 heteroatoms. The zero-order valence-corrected chi connectivity index (χ0v) is 19.9. The number of aromatic nitrogens is 4. The highest BCUT2D eigenvalue weighted by molar-refractivity contribution is 7.99. The average Bonchev–Trinajstić information content (AvgIpc) is 3.10. The maximum Gasteiger partial charge on any atom is 0.224 e. The molecule has 2 N–H and O–H groups in total. The molecule has 0 atom stereocenters. The Hall–Kier alpha value is -2.32. The van der Waals surface area contributed by atoms with Gasteiger partial charge in [-0.05, 0) is 23.6 Å². The van der Waals surface area contributed by atoms with E-state index in [4.69, 9.17) is 21.6 Å². The van der Waals surface area contributed by atoms with Crippen LogP contribution in [0.5, 0.6) is 0 Å². The average molecular weight is 461 g/mol. The van der Waals surface area contributed by atoms with Gasteiger partial charge >= 0.3 is 0 Å². The molecule has 0 fully saturated rings. The van der Waals surface area contributed by atoms with E-state index in [2.05, 4.69) is 43.4 Å². The number of benzene rings is 1. The smallest absolute Gasteiger partial charge is 0.224 e. The lowest BCUT2D eigenvalue weighted by Gasteiger charge is -2.12. The molecule has 2 aromatic heterocycles. The number of carbonyl (C=O) groups excluding carboxylic acids is 1. The van der Waals surface area contributed by atoms with Crippen molar-refractivity contribution in [2.75, 3.05) is 18.4 Å². The molecular formula is C22H29ClN6OS. The molecule has 0 unspecified atom stereocenters. The van der Waals surface area contributed by atoms with E-state index in [1.807, 2.05) is 16.8 Å². The molecule has 166 valence electrons. The first-order chi connectivity index (χ1) is 14.8. The van der Waals surface area contributed by atoms with Gasteiger partial charge in [-0.1, -0.05) is 63.2 Å². The number of carbonyl (C=O) groups is 1. The first kappa shape index (κ1) is 23.3. The minimum absolute atomic E-state index is 0.0382. The second kappa shape index (κ2) is 10.8. The normalized spacial score (nSPS) is 11.5. The number of amides is 1. The number of anilines is 1. The van der Waals surface area contributed by atoms with Crippen LogP contribution in [0.2, 0.25) is 5.02 Å². The van der Waals surface area contributed by atoms with E-state index < -0.39 is 0 Å². The Morgan fingerprint density at radius 3 is 2.58 bits per heavy atom. The van der Waals surface area contributed by atoms with Gasteiger partial charge in [0.25, 0.3) is 0 Å². The fourth-order valence-corrected chi connectivity index (χ4v) is 3.78. The number of nitrogens with zero attached hydrogens (tertiary/aromatic N) is 4. The van der Waals surface area contributed by atoms with Crippen molar-refractivity contribution in [2.24, 2.45) is 5.92 Å². The van der Waals surface area contributed by atoms with Crippen molar-refractivity contribution in [3.05, 3.63) is 41.0 Å². The van der Waals surface area contributed by atoms with Crippen molar-refractivity contribution in [2.45, 2.75) is 51.1 Å². The Kier molecular flexibility index (Phi) is 8.15. The summed E-state index contributed by atoms with van der Waals surface area (Å²) < 4.78 is 1.82. The van der Waals surface area contributed by atoms with E-state index >= 15 is 0 Å². The van der Waals surface area contributed by atoms with Crippen molar-refractivity contribution in [3.8, 4) is 0 Å². The van der Waals surface area contributed by atoms with Gasteiger partial charge in [-0.3, -0.25) is 4.79 Å². The monoisotopic (exact) mass is 460 g/mol. The fraction of sp³-hybridized carbons (Fsp3) is 0.455. The van der Waals surface area contributed by atoms with Crippen molar-refractivity contribution in [1.29, 1.82) is 0 Å². The van der Waals surface area contributed by atoms with Crippen molar-refractivity contribution in [3.63, 3.8) is 0 Å². The fourth-order valence-electron chi connectivity index (χ4n) is 2.95. The maximum absolute atomic E-state index is 12.3. The SMILES string of the molecule is CC(C)CNc1nc(SC(C)C)nc2c1cnn2CCNC(=O)Cc1ccc(Cl)cc1. The number of hydrogen-bond donors (Lipinski definition) is 2. The highest BCUT2D eigenvalue weighted by Gasteiger charge is 2.15. The summed E-state index contributed by atoms with van der Waals surface area (Å²) in [6.45, 7) is 10.4. The second-order valence-electron chi connectivity index (χ2n) is 8.05. The predicted octanol–water partition coefficient (Wildman–Crippen LogP) is 4.41. The number of hydrogen-bond acceptors (Lipinski definition) is 6. The molecule has 0 saturated carbocycles. The van der Waals surface area contributed by atoms with Gasteiger partial charge in [-0.2, -0.15) is 5.10 Å². The standard InChI is InChI=1S/C22H29ClN6OS/c1-14(2)12-25-20-18-13-26-29(21(18)28-22(27-20)31-15(3)4)10-9-24-19(30)11-16-5-7-17(23)8-6-16/h5-8,13-15H,9-12H2,1-4H3,(H,24,30)(H,25,27,28). The predicted molar refractivity (Wildman–Crippen MR) is 128 cm³/mol. The molecule has 0 aliphatic heterocycles. The molecule has 0 spiro atoms. The second-order valence-corrected chi connectivity index (χ2v) is 10.0. The molecule has 0 aliphatic carbocycles. The van der Waals surface area contributed by atoms with Crippen LogP contribution in [0.25, 0.3) is 11.0 Å². The highest BCUT2D eigenvalue weighted by Crippen LogP contribution is 2.26. The summed E-state index contributed by atoms with van der Waals surface area (Å²) in [5, 5.41) is 13.5. The minimum atomic E-state index is -0.0382. The molecule has 0 saturated heterocycles. The van der Waals surface area contributed by atoms with Crippen LogP contribution in [-0.2, 0) is 17.8 Å². The Morgan fingerprint density at radius 2 is 1.90 bits per heavy atom. The van der Waals surface area contributed by atoms with E-state index in [1.165, 1.54) is 0 Å². The Labute approximate surface area is 192 Å². The van der Waals surface area contributed by atoms with E-state index in [1.54, 1.807) is 30.1 Å². The zero-order chi connectivity index (χ0) is 22.4. The summed E-state index contributed by atoms with van der Waals surface area (Å²) in [6.07, 6.45) is 2.11. The van der Waals surface area contributed by atoms with Gasteiger partial charge in [0, 0.05) is 23.4 Å². The highest BCUT2D eigenvalue weighted by atomic mass is 35.5. The van der Waals surface area contributed by atoms with Gasteiger partial charge < -0.3 is 10.6 Å². The number of rotatable bonds is 10. The number of nitrogens with one attached hydrogen (secondary N) is 2. The summed E-state index contributed by atoms with van der Waals surface area (Å²) in [4.78, 5) is 21.7. The first-order valence-electron chi connectivity index (χ1n) is 10.5. The van der Waals surface area contributed by atoms with E-state index in [9.17, 15) is 4.79 Å². The molecule has 0 aliphatic rings. The van der Waals surface area contributed by atoms with Crippen LogP contribution >= 0.6 is 23.4 Å². The minimum Gasteiger partial charge on any atom is -0.369 e. The topological polar surface area (TPSA) is 84.7 Å². The quantitative estimate of drug-likeness (QED) is 0.344. The summed E-state index contributed by atoms with van der Waals surface area (Å²) >= 11 is 7.52.